The summed E-state index contributed by atoms with van der Waals surface area (Å²) >= 11 is 0. The zero-order valence-corrected chi connectivity index (χ0v) is 15.3. The summed E-state index contributed by atoms with van der Waals surface area (Å²) in [5.41, 5.74) is 1.18. The number of nitrogens with one attached hydrogen (secondary N) is 2. The molecular formula is C19H30N2O3. The van der Waals surface area contributed by atoms with Gasteiger partial charge in [-0.3, -0.25) is 0 Å². The van der Waals surface area contributed by atoms with Gasteiger partial charge in [0, 0.05) is 18.0 Å². The Kier molecular flexibility index (Phi) is 6.35. The monoisotopic (exact) mass is 334 g/mol. The molecule has 0 atom stereocenters. The van der Waals surface area contributed by atoms with Crippen LogP contribution in [0.3, 0.4) is 0 Å². The number of carbonyl (C=O) groups is 1. The number of benzene rings is 1. The van der Waals surface area contributed by atoms with Crippen molar-refractivity contribution in [2.75, 3.05) is 20.8 Å². The van der Waals surface area contributed by atoms with Crippen molar-refractivity contribution in [1.29, 1.82) is 0 Å². The number of urea groups is 1. The van der Waals surface area contributed by atoms with E-state index in [1.54, 1.807) is 14.2 Å². The van der Waals surface area contributed by atoms with Crippen LogP contribution in [0.5, 0.6) is 11.5 Å². The molecule has 1 aromatic rings. The largest absolute Gasteiger partial charge is 0.493 e. The van der Waals surface area contributed by atoms with Crippen molar-refractivity contribution in [1.82, 2.24) is 10.6 Å². The van der Waals surface area contributed by atoms with Gasteiger partial charge >= 0.3 is 6.03 Å². The SMILES string of the molecule is COc1ccc(C2(CNC(=O)NC(C)C)CCCCC2)cc1OC. The minimum atomic E-state index is -0.101. The lowest BCUT2D eigenvalue weighted by Crippen LogP contribution is -2.47. The fourth-order valence-corrected chi connectivity index (χ4v) is 3.52. The van der Waals surface area contributed by atoms with Gasteiger partial charge in [0.1, 0.15) is 0 Å². The first-order chi connectivity index (χ1) is 11.5. The number of amides is 2. The highest BCUT2D eigenvalue weighted by Crippen LogP contribution is 2.42. The lowest BCUT2D eigenvalue weighted by molar-refractivity contribution is 0.227. The standard InChI is InChI=1S/C19H30N2O3/c1-14(2)21-18(22)20-13-19(10-6-5-7-11-19)15-8-9-16(23-3)17(12-15)24-4/h8-9,12,14H,5-7,10-11,13H2,1-4H3,(H2,20,21,22). The normalized spacial score (nSPS) is 16.5. The van der Waals surface area contributed by atoms with Gasteiger partial charge in [0.25, 0.3) is 0 Å². The predicted octanol–water partition coefficient (Wildman–Crippen LogP) is 3.61. The third-order valence-electron chi connectivity index (χ3n) is 4.81. The number of ether oxygens (including phenoxy) is 2. The highest BCUT2D eigenvalue weighted by molar-refractivity contribution is 5.74. The second kappa shape index (κ2) is 8.27. The Morgan fingerprint density at radius 1 is 1.12 bits per heavy atom. The molecule has 24 heavy (non-hydrogen) atoms. The molecule has 2 amide bonds. The average Bonchev–Trinajstić information content (AvgIpc) is 2.59. The van der Waals surface area contributed by atoms with Gasteiger partial charge in [-0.05, 0) is 44.4 Å². The lowest BCUT2D eigenvalue weighted by atomic mass is 9.69. The molecule has 0 spiro atoms. The zero-order chi connectivity index (χ0) is 17.6. The van der Waals surface area contributed by atoms with Crippen LogP contribution in [0, 0.1) is 0 Å². The second-order valence-electron chi connectivity index (χ2n) is 6.89. The van der Waals surface area contributed by atoms with Crippen molar-refractivity contribution < 1.29 is 14.3 Å². The summed E-state index contributed by atoms with van der Waals surface area (Å²) in [5, 5.41) is 5.96. The maximum absolute atomic E-state index is 12.0. The van der Waals surface area contributed by atoms with E-state index in [1.807, 2.05) is 19.9 Å². The van der Waals surface area contributed by atoms with Crippen LogP contribution in [0.1, 0.15) is 51.5 Å². The van der Waals surface area contributed by atoms with E-state index in [9.17, 15) is 4.79 Å². The molecule has 0 bridgehead atoms. The summed E-state index contributed by atoms with van der Waals surface area (Å²) in [7, 11) is 3.30. The number of carbonyl (C=O) groups excluding carboxylic acids is 1. The molecule has 2 rings (SSSR count). The van der Waals surface area contributed by atoms with Gasteiger partial charge in [-0.25, -0.2) is 4.79 Å². The van der Waals surface area contributed by atoms with E-state index >= 15 is 0 Å². The van der Waals surface area contributed by atoms with Crippen LogP contribution in [-0.4, -0.2) is 32.8 Å². The molecular weight excluding hydrogens is 304 g/mol. The van der Waals surface area contributed by atoms with Crippen LogP contribution >= 0.6 is 0 Å². The fraction of sp³-hybridized carbons (Fsp3) is 0.632. The van der Waals surface area contributed by atoms with Crippen LogP contribution in [0.15, 0.2) is 18.2 Å². The Bertz CT molecular complexity index is 552. The van der Waals surface area contributed by atoms with Gasteiger partial charge in [-0.15, -0.1) is 0 Å². The van der Waals surface area contributed by atoms with E-state index < -0.39 is 0 Å². The van der Waals surface area contributed by atoms with Crippen LogP contribution in [0.4, 0.5) is 4.79 Å². The molecule has 1 aliphatic rings. The van der Waals surface area contributed by atoms with Crippen molar-refractivity contribution in [3.8, 4) is 11.5 Å². The van der Waals surface area contributed by atoms with Gasteiger partial charge in [0.15, 0.2) is 11.5 Å². The van der Waals surface area contributed by atoms with Crippen LogP contribution in [-0.2, 0) is 5.41 Å². The first-order valence-corrected chi connectivity index (χ1v) is 8.77. The quantitative estimate of drug-likeness (QED) is 0.835. The average molecular weight is 334 g/mol. The Hall–Kier alpha value is -1.91. The molecule has 2 N–H and O–H groups in total. The first-order valence-electron chi connectivity index (χ1n) is 8.77. The number of methoxy groups -OCH3 is 2. The molecule has 0 heterocycles. The third-order valence-corrected chi connectivity index (χ3v) is 4.81. The fourth-order valence-electron chi connectivity index (χ4n) is 3.52. The van der Waals surface area contributed by atoms with Gasteiger partial charge in [0.2, 0.25) is 0 Å². The number of hydrogen-bond donors (Lipinski definition) is 2. The van der Waals surface area contributed by atoms with Crippen molar-refractivity contribution in [2.24, 2.45) is 0 Å². The smallest absolute Gasteiger partial charge is 0.315 e. The molecule has 0 unspecified atom stereocenters. The summed E-state index contributed by atoms with van der Waals surface area (Å²) in [6, 6.07) is 6.16. The molecule has 5 heteroatoms. The molecule has 0 saturated heterocycles. The molecule has 1 fully saturated rings. The van der Waals surface area contributed by atoms with E-state index in [-0.39, 0.29) is 17.5 Å². The Labute approximate surface area is 145 Å². The minimum absolute atomic E-state index is 0.0356. The lowest BCUT2D eigenvalue weighted by Gasteiger charge is -2.38. The van der Waals surface area contributed by atoms with Gasteiger partial charge in [-0.1, -0.05) is 25.3 Å². The zero-order valence-electron chi connectivity index (χ0n) is 15.3. The van der Waals surface area contributed by atoms with Crippen molar-refractivity contribution >= 4 is 6.03 Å². The third kappa shape index (κ3) is 4.34. The van der Waals surface area contributed by atoms with Crippen LogP contribution in [0.2, 0.25) is 0 Å². The minimum Gasteiger partial charge on any atom is -0.493 e. The molecule has 0 aliphatic heterocycles. The summed E-state index contributed by atoms with van der Waals surface area (Å²) in [6.45, 7) is 4.57. The predicted molar refractivity (Wildman–Crippen MR) is 96.0 cm³/mol. The van der Waals surface area contributed by atoms with E-state index in [1.165, 1.54) is 24.8 Å². The highest BCUT2D eigenvalue weighted by Gasteiger charge is 2.35. The number of hydrogen-bond acceptors (Lipinski definition) is 3. The van der Waals surface area contributed by atoms with Crippen molar-refractivity contribution in [2.45, 2.75) is 57.4 Å². The van der Waals surface area contributed by atoms with E-state index in [2.05, 4.69) is 22.8 Å². The Morgan fingerprint density at radius 3 is 2.38 bits per heavy atom. The Balaban J connectivity index is 2.22. The summed E-state index contributed by atoms with van der Waals surface area (Å²) < 4.78 is 10.8. The number of rotatable bonds is 6. The van der Waals surface area contributed by atoms with Crippen molar-refractivity contribution in [3.05, 3.63) is 23.8 Å². The van der Waals surface area contributed by atoms with E-state index in [0.29, 0.717) is 6.54 Å². The summed E-state index contributed by atoms with van der Waals surface area (Å²) in [4.78, 5) is 12.0. The van der Waals surface area contributed by atoms with Gasteiger partial charge in [-0.2, -0.15) is 0 Å². The molecule has 1 saturated carbocycles. The van der Waals surface area contributed by atoms with Gasteiger partial charge in [0.05, 0.1) is 14.2 Å². The molecule has 0 radical (unpaired) electrons. The first kappa shape index (κ1) is 18.4. The molecule has 0 aromatic heterocycles. The Morgan fingerprint density at radius 2 is 1.79 bits per heavy atom. The highest BCUT2D eigenvalue weighted by atomic mass is 16.5. The molecule has 5 nitrogen and oxygen atoms in total. The summed E-state index contributed by atoms with van der Waals surface area (Å²) in [6.07, 6.45) is 5.77. The molecule has 1 aliphatic carbocycles. The molecule has 134 valence electrons. The van der Waals surface area contributed by atoms with Crippen LogP contribution in [0.25, 0.3) is 0 Å². The molecule has 1 aromatic carbocycles. The van der Waals surface area contributed by atoms with Crippen LogP contribution < -0.4 is 20.1 Å². The van der Waals surface area contributed by atoms with Crippen molar-refractivity contribution in [3.63, 3.8) is 0 Å². The van der Waals surface area contributed by atoms with Gasteiger partial charge < -0.3 is 20.1 Å². The maximum atomic E-state index is 12.0. The van der Waals surface area contributed by atoms with E-state index in [0.717, 1.165) is 24.3 Å². The summed E-state index contributed by atoms with van der Waals surface area (Å²) in [5.74, 6) is 1.48. The van der Waals surface area contributed by atoms with E-state index in [4.69, 9.17) is 9.47 Å². The second-order valence-corrected chi connectivity index (χ2v) is 6.89. The maximum Gasteiger partial charge on any atom is 0.315 e. The topological polar surface area (TPSA) is 59.6 Å².